The van der Waals surface area contributed by atoms with Crippen LogP contribution in [-0.4, -0.2) is 46.9 Å². The van der Waals surface area contributed by atoms with Gasteiger partial charge in [0.25, 0.3) is 0 Å². The van der Waals surface area contributed by atoms with E-state index in [0.717, 1.165) is 24.9 Å². The Morgan fingerprint density at radius 2 is 2.35 bits per heavy atom. The minimum atomic E-state index is -0.0968. The lowest BCUT2D eigenvalue weighted by atomic mass is 9.99. The van der Waals surface area contributed by atoms with Crippen LogP contribution in [0.15, 0.2) is 12.4 Å². The Balaban J connectivity index is 2.27. The number of carbonyl (C=O) groups excluding carboxylic acids is 1. The monoisotopic (exact) mass is 280 g/mol. The molecule has 112 valence electrons. The van der Waals surface area contributed by atoms with Crippen LogP contribution in [0.5, 0.6) is 0 Å². The van der Waals surface area contributed by atoms with Crippen molar-refractivity contribution in [2.75, 3.05) is 20.3 Å². The first-order valence-electron chi connectivity index (χ1n) is 7.23. The van der Waals surface area contributed by atoms with E-state index < -0.39 is 0 Å². The van der Waals surface area contributed by atoms with Crippen LogP contribution < -0.4 is 5.73 Å². The number of nitrogens with two attached hydrogens (primary N) is 1. The molecule has 1 aromatic heterocycles. The van der Waals surface area contributed by atoms with Gasteiger partial charge in [-0.15, -0.1) is 0 Å². The summed E-state index contributed by atoms with van der Waals surface area (Å²) in [7, 11) is 1.65. The zero-order chi connectivity index (χ0) is 14.5. The van der Waals surface area contributed by atoms with E-state index in [9.17, 15) is 4.79 Å². The Kier molecular flexibility index (Phi) is 5.14. The number of hydrogen-bond donors (Lipinski definition) is 1. The Hall–Kier alpha value is -1.40. The third-order valence-corrected chi connectivity index (χ3v) is 3.84. The van der Waals surface area contributed by atoms with Crippen LogP contribution in [-0.2, 0) is 16.1 Å². The zero-order valence-corrected chi connectivity index (χ0v) is 12.3. The molecular weight excluding hydrogens is 256 g/mol. The number of likely N-dealkylation sites (tertiary alicyclic amines) is 1. The molecule has 2 unspecified atom stereocenters. The van der Waals surface area contributed by atoms with Gasteiger partial charge in [0, 0.05) is 44.4 Å². The average molecular weight is 280 g/mol. The van der Waals surface area contributed by atoms with E-state index in [2.05, 4.69) is 5.10 Å². The van der Waals surface area contributed by atoms with Gasteiger partial charge in [-0.25, -0.2) is 0 Å². The summed E-state index contributed by atoms with van der Waals surface area (Å²) in [5, 5.41) is 4.31. The first-order valence-corrected chi connectivity index (χ1v) is 7.23. The molecule has 0 spiro atoms. The Labute approximate surface area is 119 Å². The zero-order valence-electron chi connectivity index (χ0n) is 12.3. The predicted molar refractivity (Wildman–Crippen MR) is 76.1 cm³/mol. The molecule has 0 bridgehead atoms. The lowest BCUT2D eigenvalue weighted by Crippen LogP contribution is -2.43. The predicted octanol–water partition coefficient (Wildman–Crippen LogP) is 0.930. The molecular formula is C14H24N4O2. The number of aromatic nitrogens is 2. The highest BCUT2D eigenvalue weighted by Gasteiger charge is 2.33. The number of ether oxygens (including phenoxy) is 1. The van der Waals surface area contributed by atoms with Gasteiger partial charge in [0.05, 0.1) is 18.8 Å². The van der Waals surface area contributed by atoms with E-state index in [0.29, 0.717) is 19.6 Å². The second-order valence-corrected chi connectivity index (χ2v) is 5.21. The summed E-state index contributed by atoms with van der Waals surface area (Å²) < 4.78 is 6.99. The third kappa shape index (κ3) is 3.19. The fourth-order valence-electron chi connectivity index (χ4n) is 2.76. The Bertz CT molecular complexity index is 446. The second-order valence-electron chi connectivity index (χ2n) is 5.21. The van der Waals surface area contributed by atoms with Gasteiger partial charge in [-0.3, -0.25) is 9.48 Å². The molecule has 6 heteroatoms. The van der Waals surface area contributed by atoms with E-state index >= 15 is 0 Å². The van der Waals surface area contributed by atoms with Crippen LogP contribution in [0.25, 0.3) is 0 Å². The van der Waals surface area contributed by atoms with Crippen LogP contribution >= 0.6 is 0 Å². The number of hydrogen-bond acceptors (Lipinski definition) is 4. The van der Waals surface area contributed by atoms with Crippen LogP contribution in [0.4, 0.5) is 0 Å². The Morgan fingerprint density at radius 3 is 3.00 bits per heavy atom. The molecule has 1 aliphatic rings. The van der Waals surface area contributed by atoms with E-state index in [4.69, 9.17) is 10.5 Å². The maximum absolute atomic E-state index is 12.3. The molecule has 1 saturated heterocycles. The fraction of sp³-hybridized carbons (Fsp3) is 0.714. The maximum Gasteiger partial charge on any atom is 0.223 e. The van der Waals surface area contributed by atoms with Crippen molar-refractivity contribution in [3.63, 3.8) is 0 Å². The molecule has 1 amide bonds. The summed E-state index contributed by atoms with van der Waals surface area (Å²) >= 11 is 0. The molecule has 2 rings (SSSR count). The molecule has 0 saturated carbocycles. The van der Waals surface area contributed by atoms with Crippen LogP contribution in [0.1, 0.15) is 37.8 Å². The average Bonchev–Trinajstić information content (AvgIpc) is 2.86. The minimum absolute atomic E-state index is 0.0483. The number of amides is 1. The van der Waals surface area contributed by atoms with Gasteiger partial charge >= 0.3 is 0 Å². The molecule has 2 N–H and O–H groups in total. The number of methoxy groups -OCH3 is 1. The van der Waals surface area contributed by atoms with Crippen molar-refractivity contribution in [2.45, 2.75) is 44.8 Å². The smallest absolute Gasteiger partial charge is 0.223 e. The molecule has 0 aliphatic carbocycles. The molecule has 2 heterocycles. The molecule has 20 heavy (non-hydrogen) atoms. The highest BCUT2D eigenvalue weighted by molar-refractivity contribution is 5.77. The summed E-state index contributed by atoms with van der Waals surface area (Å²) in [4.78, 5) is 14.2. The fourth-order valence-corrected chi connectivity index (χ4v) is 2.76. The second kappa shape index (κ2) is 6.85. The topological polar surface area (TPSA) is 73.4 Å². The van der Waals surface area contributed by atoms with Gasteiger partial charge in [-0.2, -0.15) is 5.10 Å². The number of nitrogens with zero attached hydrogens (tertiary/aromatic N) is 3. The normalized spacial score (nSPS) is 23.9. The van der Waals surface area contributed by atoms with E-state index in [-0.39, 0.29) is 18.0 Å². The highest BCUT2D eigenvalue weighted by Crippen LogP contribution is 2.29. The third-order valence-electron chi connectivity index (χ3n) is 3.84. The van der Waals surface area contributed by atoms with Gasteiger partial charge in [-0.1, -0.05) is 0 Å². The van der Waals surface area contributed by atoms with E-state index in [1.54, 1.807) is 7.11 Å². The van der Waals surface area contributed by atoms with Gasteiger partial charge < -0.3 is 15.4 Å². The quantitative estimate of drug-likeness (QED) is 0.871. The SMILES string of the molecule is CCn1cc(C2C(N)CCCC(=O)N2CCOC)cn1. The van der Waals surface area contributed by atoms with Crippen molar-refractivity contribution in [1.29, 1.82) is 0 Å². The number of carbonyl (C=O) groups is 1. The lowest BCUT2D eigenvalue weighted by Gasteiger charge is -2.32. The highest BCUT2D eigenvalue weighted by atomic mass is 16.5. The molecule has 1 fully saturated rings. The van der Waals surface area contributed by atoms with Crippen LogP contribution in [0.3, 0.4) is 0 Å². The molecule has 6 nitrogen and oxygen atoms in total. The molecule has 0 aromatic carbocycles. The summed E-state index contributed by atoms with van der Waals surface area (Å²) in [5.74, 6) is 0.157. The van der Waals surface area contributed by atoms with Gasteiger partial charge in [-0.05, 0) is 19.8 Å². The molecule has 1 aromatic rings. The van der Waals surface area contributed by atoms with Crippen molar-refractivity contribution in [3.05, 3.63) is 18.0 Å². The van der Waals surface area contributed by atoms with Crippen molar-refractivity contribution in [3.8, 4) is 0 Å². The summed E-state index contributed by atoms with van der Waals surface area (Å²) in [6, 6.07) is -0.145. The van der Waals surface area contributed by atoms with E-state index in [1.165, 1.54) is 0 Å². The van der Waals surface area contributed by atoms with E-state index in [1.807, 2.05) is 28.9 Å². The van der Waals surface area contributed by atoms with Gasteiger partial charge in [0.2, 0.25) is 5.91 Å². The van der Waals surface area contributed by atoms with Gasteiger partial charge in [0.15, 0.2) is 0 Å². The van der Waals surface area contributed by atoms with Gasteiger partial charge in [0.1, 0.15) is 0 Å². The molecule has 1 aliphatic heterocycles. The first-order chi connectivity index (χ1) is 9.67. The van der Waals surface area contributed by atoms with Crippen molar-refractivity contribution in [1.82, 2.24) is 14.7 Å². The number of rotatable bonds is 5. The van der Waals surface area contributed by atoms with Crippen molar-refractivity contribution >= 4 is 5.91 Å². The maximum atomic E-state index is 12.3. The largest absolute Gasteiger partial charge is 0.383 e. The molecule has 2 atom stereocenters. The van der Waals surface area contributed by atoms with Crippen molar-refractivity contribution < 1.29 is 9.53 Å². The Morgan fingerprint density at radius 1 is 1.55 bits per heavy atom. The first kappa shape index (κ1) is 15.0. The van der Waals surface area contributed by atoms with Crippen LogP contribution in [0.2, 0.25) is 0 Å². The summed E-state index contributed by atoms with van der Waals surface area (Å²) in [5.41, 5.74) is 7.33. The lowest BCUT2D eigenvalue weighted by molar-refractivity contribution is -0.134. The number of aryl methyl sites for hydroxylation is 1. The standard InChI is InChI=1S/C14H24N4O2/c1-3-17-10-11(9-16-17)14-12(15)5-4-6-13(19)18(14)7-8-20-2/h9-10,12,14H,3-8,15H2,1-2H3. The molecule has 0 radical (unpaired) electrons. The summed E-state index contributed by atoms with van der Waals surface area (Å²) in [6.45, 7) is 3.95. The van der Waals surface area contributed by atoms with Crippen LogP contribution in [0, 0.1) is 0 Å². The summed E-state index contributed by atoms with van der Waals surface area (Å²) in [6.07, 6.45) is 6.09. The minimum Gasteiger partial charge on any atom is -0.383 e. The van der Waals surface area contributed by atoms with Crippen molar-refractivity contribution in [2.24, 2.45) is 5.73 Å².